The predicted molar refractivity (Wildman–Crippen MR) is 79.0 cm³/mol. The van der Waals surface area contributed by atoms with Crippen LogP contribution in [0.3, 0.4) is 0 Å². The zero-order valence-corrected chi connectivity index (χ0v) is 12.6. The summed E-state index contributed by atoms with van der Waals surface area (Å²) in [6.07, 6.45) is 9.67. The SMILES string of the molecule is CCCCC1CCCC1NC(=O)[C@H]1CCN[C@@H](C)C1. The minimum atomic E-state index is 0.240. The minimum absolute atomic E-state index is 0.240. The summed E-state index contributed by atoms with van der Waals surface area (Å²) in [6, 6.07) is 0.952. The number of rotatable bonds is 5. The van der Waals surface area contributed by atoms with Crippen molar-refractivity contribution in [3.05, 3.63) is 0 Å². The third-order valence-corrected chi connectivity index (χ3v) is 4.91. The summed E-state index contributed by atoms with van der Waals surface area (Å²) in [5, 5.41) is 6.78. The summed E-state index contributed by atoms with van der Waals surface area (Å²) in [6.45, 7) is 5.42. The first kappa shape index (κ1) is 14.8. The molecule has 2 rings (SSSR count). The fraction of sp³-hybridized carbons (Fsp3) is 0.938. The van der Waals surface area contributed by atoms with Gasteiger partial charge in [0.15, 0.2) is 0 Å². The predicted octanol–water partition coefficient (Wildman–Crippen LogP) is 2.85. The molecule has 1 heterocycles. The van der Waals surface area contributed by atoms with Crippen LogP contribution in [-0.4, -0.2) is 24.5 Å². The molecule has 4 atom stereocenters. The molecule has 19 heavy (non-hydrogen) atoms. The lowest BCUT2D eigenvalue weighted by atomic mass is 9.91. The highest BCUT2D eigenvalue weighted by molar-refractivity contribution is 5.79. The van der Waals surface area contributed by atoms with Crippen molar-refractivity contribution in [3.8, 4) is 0 Å². The van der Waals surface area contributed by atoms with Crippen LogP contribution in [0.5, 0.6) is 0 Å². The van der Waals surface area contributed by atoms with E-state index in [0.29, 0.717) is 18.0 Å². The lowest BCUT2D eigenvalue weighted by molar-refractivity contribution is -0.127. The van der Waals surface area contributed by atoms with Gasteiger partial charge in [-0.25, -0.2) is 0 Å². The first-order chi connectivity index (χ1) is 9.20. The van der Waals surface area contributed by atoms with Crippen molar-refractivity contribution >= 4 is 5.91 Å². The molecule has 0 bridgehead atoms. The Bertz CT molecular complexity index is 292. The number of hydrogen-bond acceptors (Lipinski definition) is 2. The van der Waals surface area contributed by atoms with Gasteiger partial charge >= 0.3 is 0 Å². The van der Waals surface area contributed by atoms with Crippen molar-refractivity contribution in [2.24, 2.45) is 11.8 Å². The molecule has 110 valence electrons. The second-order valence-corrected chi connectivity index (χ2v) is 6.52. The highest BCUT2D eigenvalue weighted by atomic mass is 16.1. The highest BCUT2D eigenvalue weighted by Crippen LogP contribution is 2.30. The molecule has 1 aliphatic carbocycles. The second-order valence-electron chi connectivity index (χ2n) is 6.52. The number of carbonyl (C=O) groups excluding carboxylic acids is 1. The maximum Gasteiger partial charge on any atom is 0.223 e. The van der Waals surface area contributed by atoms with Crippen LogP contribution in [0, 0.1) is 11.8 Å². The summed E-state index contributed by atoms with van der Waals surface area (Å²) in [5.41, 5.74) is 0. The molecule has 1 aliphatic heterocycles. The van der Waals surface area contributed by atoms with Gasteiger partial charge < -0.3 is 10.6 Å². The monoisotopic (exact) mass is 266 g/mol. The van der Waals surface area contributed by atoms with E-state index < -0.39 is 0 Å². The average molecular weight is 266 g/mol. The number of hydrogen-bond donors (Lipinski definition) is 2. The van der Waals surface area contributed by atoms with Gasteiger partial charge in [0.2, 0.25) is 5.91 Å². The van der Waals surface area contributed by atoms with Crippen molar-refractivity contribution in [3.63, 3.8) is 0 Å². The largest absolute Gasteiger partial charge is 0.353 e. The van der Waals surface area contributed by atoms with Gasteiger partial charge in [-0.05, 0) is 51.5 Å². The molecule has 2 unspecified atom stereocenters. The molecule has 0 spiro atoms. The van der Waals surface area contributed by atoms with Crippen LogP contribution in [0.25, 0.3) is 0 Å². The zero-order chi connectivity index (χ0) is 13.7. The molecule has 2 fully saturated rings. The Balaban J connectivity index is 1.80. The molecular weight excluding hydrogens is 236 g/mol. The second kappa shape index (κ2) is 7.28. The lowest BCUT2D eigenvalue weighted by Gasteiger charge is -2.29. The molecule has 2 N–H and O–H groups in total. The fourth-order valence-corrected chi connectivity index (χ4v) is 3.71. The Morgan fingerprint density at radius 3 is 2.89 bits per heavy atom. The normalized spacial score (nSPS) is 35.3. The van der Waals surface area contributed by atoms with Crippen LogP contribution in [0.15, 0.2) is 0 Å². The van der Waals surface area contributed by atoms with Crippen LogP contribution in [0.4, 0.5) is 0 Å². The number of unbranched alkanes of at least 4 members (excludes halogenated alkanes) is 1. The van der Waals surface area contributed by atoms with Gasteiger partial charge in [0.05, 0.1) is 0 Å². The molecule has 3 nitrogen and oxygen atoms in total. The molecule has 1 saturated carbocycles. The number of nitrogens with one attached hydrogen (secondary N) is 2. The van der Waals surface area contributed by atoms with E-state index >= 15 is 0 Å². The Morgan fingerprint density at radius 1 is 1.32 bits per heavy atom. The first-order valence-electron chi connectivity index (χ1n) is 8.24. The van der Waals surface area contributed by atoms with Crippen molar-refractivity contribution in [2.45, 2.75) is 77.3 Å². The summed E-state index contributed by atoms with van der Waals surface area (Å²) < 4.78 is 0. The van der Waals surface area contributed by atoms with Gasteiger partial charge in [-0.2, -0.15) is 0 Å². The zero-order valence-electron chi connectivity index (χ0n) is 12.6. The van der Waals surface area contributed by atoms with Gasteiger partial charge in [-0.3, -0.25) is 4.79 Å². The van der Waals surface area contributed by atoms with Gasteiger partial charge in [0, 0.05) is 18.0 Å². The molecule has 0 aromatic heterocycles. The molecule has 0 aromatic carbocycles. The maximum atomic E-state index is 12.4. The van der Waals surface area contributed by atoms with E-state index in [1.54, 1.807) is 0 Å². The summed E-state index contributed by atoms with van der Waals surface area (Å²) >= 11 is 0. The molecule has 1 amide bonds. The van der Waals surface area contributed by atoms with Gasteiger partial charge in [-0.15, -0.1) is 0 Å². The quantitative estimate of drug-likeness (QED) is 0.803. The molecule has 1 saturated heterocycles. The molecule has 2 aliphatic rings. The number of amides is 1. The Kier molecular flexibility index (Phi) is 5.68. The van der Waals surface area contributed by atoms with Crippen LogP contribution in [-0.2, 0) is 4.79 Å². The van der Waals surface area contributed by atoms with E-state index in [4.69, 9.17) is 0 Å². The van der Waals surface area contributed by atoms with E-state index in [-0.39, 0.29) is 5.92 Å². The van der Waals surface area contributed by atoms with Crippen molar-refractivity contribution in [2.75, 3.05) is 6.54 Å². The molecule has 0 radical (unpaired) electrons. The summed E-state index contributed by atoms with van der Waals surface area (Å²) in [4.78, 5) is 12.4. The highest BCUT2D eigenvalue weighted by Gasteiger charge is 2.31. The average Bonchev–Trinajstić information content (AvgIpc) is 2.83. The van der Waals surface area contributed by atoms with Crippen molar-refractivity contribution < 1.29 is 4.79 Å². The van der Waals surface area contributed by atoms with Crippen molar-refractivity contribution in [1.29, 1.82) is 0 Å². The van der Waals surface area contributed by atoms with E-state index in [2.05, 4.69) is 24.5 Å². The van der Waals surface area contributed by atoms with E-state index in [1.165, 1.54) is 38.5 Å². The van der Waals surface area contributed by atoms with Crippen molar-refractivity contribution in [1.82, 2.24) is 10.6 Å². The van der Waals surface area contributed by atoms with Crippen LogP contribution in [0.2, 0.25) is 0 Å². The summed E-state index contributed by atoms with van der Waals surface area (Å²) in [5.74, 6) is 1.30. The smallest absolute Gasteiger partial charge is 0.223 e. The molecular formula is C16H30N2O. The van der Waals surface area contributed by atoms with E-state index in [9.17, 15) is 4.79 Å². The van der Waals surface area contributed by atoms with Crippen LogP contribution >= 0.6 is 0 Å². The van der Waals surface area contributed by atoms with Crippen LogP contribution in [0.1, 0.15) is 65.2 Å². The molecule has 0 aromatic rings. The van der Waals surface area contributed by atoms with Gasteiger partial charge in [0.1, 0.15) is 0 Å². The molecule has 3 heteroatoms. The van der Waals surface area contributed by atoms with Gasteiger partial charge in [-0.1, -0.05) is 26.2 Å². The maximum absolute atomic E-state index is 12.4. The Labute approximate surface area is 117 Å². The lowest BCUT2D eigenvalue weighted by Crippen LogP contribution is -2.46. The number of carbonyl (C=O) groups is 1. The van der Waals surface area contributed by atoms with Crippen LogP contribution < -0.4 is 10.6 Å². The van der Waals surface area contributed by atoms with E-state index in [0.717, 1.165) is 25.3 Å². The Hall–Kier alpha value is -0.570. The standard InChI is InChI=1S/C16H30N2O/c1-3-4-6-13-7-5-8-15(13)18-16(19)14-9-10-17-12(2)11-14/h12-15,17H,3-11H2,1-2H3,(H,18,19)/t12-,13?,14-,15?/m0/s1. The fourth-order valence-electron chi connectivity index (χ4n) is 3.71. The van der Waals surface area contributed by atoms with Gasteiger partial charge in [0.25, 0.3) is 0 Å². The first-order valence-corrected chi connectivity index (χ1v) is 8.24. The minimum Gasteiger partial charge on any atom is -0.353 e. The topological polar surface area (TPSA) is 41.1 Å². The third kappa shape index (κ3) is 4.20. The Morgan fingerprint density at radius 2 is 2.16 bits per heavy atom. The third-order valence-electron chi connectivity index (χ3n) is 4.91. The van der Waals surface area contributed by atoms with E-state index in [1.807, 2.05) is 0 Å². The summed E-state index contributed by atoms with van der Waals surface area (Å²) in [7, 11) is 0. The number of piperidine rings is 1.